The van der Waals surface area contributed by atoms with E-state index in [1.165, 1.54) is 6.08 Å². The van der Waals surface area contributed by atoms with Crippen LogP contribution in [0.4, 0.5) is 0 Å². The lowest BCUT2D eigenvalue weighted by atomic mass is 10.3. The van der Waals surface area contributed by atoms with Crippen molar-refractivity contribution in [3.05, 3.63) is 23.2 Å². The predicted octanol–water partition coefficient (Wildman–Crippen LogP) is 0.0749. The smallest absolute Gasteiger partial charge is 0.174 e. The molecule has 0 aliphatic carbocycles. The van der Waals surface area contributed by atoms with E-state index in [0.717, 1.165) is 0 Å². The van der Waals surface area contributed by atoms with Crippen LogP contribution in [0.5, 0.6) is 0 Å². The molecule has 1 aliphatic rings. The quantitative estimate of drug-likeness (QED) is 0.456. The Balaban J connectivity index is 3.16. The molecule has 0 bridgehead atoms. The lowest BCUT2D eigenvalue weighted by molar-refractivity contribution is 1.27. The fourth-order valence-corrected chi connectivity index (χ4v) is 0.421. The first kappa shape index (κ1) is 5.40. The van der Waals surface area contributed by atoms with Crippen LogP contribution in [0.1, 0.15) is 0 Å². The molecule has 0 unspecified atom stereocenters. The molecule has 0 spiro atoms. The lowest BCUT2D eigenvalue weighted by Gasteiger charge is -1.90. The summed E-state index contributed by atoms with van der Waals surface area (Å²) in [5.74, 6) is 2.38. The number of hydrogen-bond donors (Lipinski definition) is 1. The first-order chi connectivity index (χ1) is 4.34. The van der Waals surface area contributed by atoms with E-state index in [2.05, 4.69) is 16.6 Å². The van der Waals surface area contributed by atoms with Crippen LogP contribution in [0, 0.1) is 11.3 Å². The zero-order valence-corrected chi connectivity index (χ0v) is 4.55. The van der Waals surface area contributed by atoms with Crippen molar-refractivity contribution in [2.24, 2.45) is 10.7 Å². The van der Waals surface area contributed by atoms with Gasteiger partial charge in [-0.05, 0) is 5.73 Å². The molecule has 1 aliphatic heterocycles. The third-order valence-electron chi connectivity index (χ3n) is 0.839. The summed E-state index contributed by atoms with van der Waals surface area (Å²) in [7, 11) is 0. The van der Waals surface area contributed by atoms with Crippen molar-refractivity contribution >= 4 is 5.87 Å². The van der Waals surface area contributed by atoms with E-state index in [9.17, 15) is 0 Å². The fraction of sp³-hybridized carbons (Fsp3) is 0. The Bertz CT molecular complexity index is 291. The second-order valence-corrected chi connectivity index (χ2v) is 1.43. The molecule has 1 heterocycles. The minimum absolute atomic E-state index is 0.203. The van der Waals surface area contributed by atoms with Crippen LogP contribution < -0.4 is 5.73 Å². The monoisotopic (exact) mass is 117 g/mol. The van der Waals surface area contributed by atoms with E-state index in [1.54, 1.807) is 0 Å². The van der Waals surface area contributed by atoms with Crippen molar-refractivity contribution in [2.75, 3.05) is 0 Å². The first-order valence-corrected chi connectivity index (χ1v) is 2.29. The van der Waals surface area contributed by atoms with Gasteiger partial charge in [-0.3, -0.25) is 0 Å². The summed E-state index contributed by atoms with van der Waals surface area (Å²) in [6.45, 7) is 0. The van der Waals surface area contributed by atoms with Crippen LogP contribution in [0.3, 0.4) is 0 Å². The summed E-state index contributed by atoms with van der Waals surface area (Å²) in [5, 5.41) is 8.29. The minimum atomic E-state index is 0.203. The molecule has 3 nitrogen and oxygen atoms in total. The van der Waals surface area contributed by atoms with Gasteiger partial charge in [-0.25, -0.2) is 0 Å². The van der Waals surface area contributed by atoms with Crippen LogP contribution >= 0.6 is 0 Å². The van der Waals surface area contributed by atoms with E-state index in [4.69, 9.17) is 11.0 Å². The summed E-state index contributed by atoms with van der Waals surface area (Å²) in [4.78, 5) is 3.53. The summed E-state index contributed by atoms with van der Waals surface area (Å²) < 4.78 is 0. The van der Waals surface area contributed by atoms with Crippen molar-refractivity contribution in [1.82, 2.24) is 0 Å². The standard InChI is InChI=1S/C6H3N3/c7-4-6-5(8)2-1-3-9-6/h2H,8H2. The molecule has 1 rings (SSSR count). The molecule has 9 heavy (non-hydrogen) atoms. The van der Waals surface area contributed by atoms with Crippen LogP contribution in [-0.2, 0) is 0 Å². The predicted molar refractivity (Wildman–Crippen MR) is 32.3 cm³/mol. The van der Waals surface area contributed by atoms with Crippen molar-refractivity contribution in [1.29, 1.82) is 5.26 Å². The molecule has 0 aromatic heterocycles. The van der Waals surface area contributed by atoms with Gasteiger partial charge in [0.15, 0.2) is 5.70 Å². The average molecular weight is 117 g/mol. The Kier molecular flexibility index (Phi) is 1.21. The van der Waals surface area contributed by atoms with Gasteiger partial charge in [0.2, 0.25) is 0 Å². The molecule has 0 fully saturated rings. The molecule has 0 amide bonds. The van der Waals surface area contributed by atoms with Crippen LogP contribution in [0.25, 0.3) is 0 Å². The highest BCUT2D eigenvalue weighted by atomic mass is 14.8. The molecule has 0 atom stereocenters. The molecular formula is C6H3N3. The highest BCUT2D eigenvalue weighted by Crippen LogP contribution is 2.00. The van der Waals surface area contributed by atoms with E-state index < -0.39 is 0 Å². The largest absolute Gasteiger partial charge is 0.396 e. The Morgan fingerprint density at radius 1 is 1.78 bits per heavy atom. The third-order valence-corrected chi connectivity index (χ3v) is 0.839. The summed E-state index contributed by atoms with van der Waals surface area (Å²) >= 11 is 0. The Morgan fingerprint density at radius 2 is 2.56 bits per heavy atom. The molecule has 0 aromatic carbocycles. The maximum Gasteiger partial charge on any atom is 0.174 e. The minimum Gasteiger partial charge on any atom is -0.396 e. The van der Waals surface area contributed by atoms with E-state index in [0.29, 0.717) is 5.70 Å². The fourth-order valence-electron chi connectivity index (χ4n) is 0.421. The van der Waals surface area contributed by atoms with Crippen LogP contribution in [0.15, 0.2) is 28.2 Å². The van der Waals surface area contributed by atoms with Gasteiger partial charge in [0, 0.05) is 11.9 Å². The molecule has 0 saturated carbocycles. The molecule has 0 aromatic rings. The molecule has 2 N–H and O–H groups in total. The van der Waals surface area contributed by atoms with Gasteiger partial charge < -0.3 is 5.73 Å². The topological polar surface area (TPSA) is 62.2 Å². The maximum atomic E-state index is 8.29. The van der Waals surface area contributed by atoms with Crippen molar-refractivity contribution < 1.29 is 0 Å². The number of nitrogens with zero attached hydrogens (tertiary/aromatic N) is 2. The van der Waals surface area contributed by atoms with E-state index >= 15 is 0 Å². The third kappa shape index (κ3) is 0.896. The highest BCUT2D eigenvalue weighted by molar-refractivity contribution is 5.58. The van der Waals surface area contributed by atoms with Gasteiger partial charge >= 0.3 is 0 Å². The second-order valence-electron chi connectivity index (χ2n) is 1.43. The molecule has 0 saturated heterocycles. The van der Waals surface area contributed by atoms with Crippen molar-refractivity contribution in [3.8, 4) is 6.07 Å². The maximum absolute atomic E-state index is 8.29. The van der Waals surface area contributed by atoms with Crippen LogP contribution in [0.2, 0.25) is 0 Å². The van der Waals surface area contributed by atoms with Gasteiger partial charge in [-0.15, -0.1) is 0 Å². The molecular weight excluding hydrogens is 114 g/mol. The number of hydrogen-bond acceptors (Lipinski definition) is 3. The lowest BCUT2D eigenvalue weighted by Crippen LogP contribution is -1.97. The van der Waals surface area contributed by atoms with Gasteiger partial charge in [0.1, 0.15) is 6.07 Å². The van der Waals surface area contributed by atoms with Gasteiger partial charge in [0.05, 0.1) is 5.70 Å². The van der Waals surface area contributed by atoms with E-state index in [1.807, 2.05) is 6.07 Å². The normalized spacial score (nSPS) is 14.1. The van der Waals surface area contributed by atoms with Crippen molar-refractivity contribution in [2.45, 2.75) is 0 Å². The molecule has 3 heteroatoms. The first-order valence-electron chi connectivity index (χ1n) is 2.29. The van der Waals surface area contributed by atoms with Gasteiger partial charge in [0.25, 0.3) is 0 Å². The summed E-state index contributed by atoms with van der Waals surface area (Å²) in [6.07, 6.45) is 1.46. The van der Waals surface area contributed by atoms with Crippen LogP contribution in [-0.4, -0.2) is 5.87 Å². The van der Waals surface area contributed by atoms with Gasteiger partial charge in [-0.1, -0.05) is 0 Å². The molecule has 42 valence electrons. The SMILES string of the molecule is N#CC1=C(N)C=C=C=N1. The molecule has 0 radical (unpaired) electrons. The number of allylic oxidation sites excluding steroid dienone is 2. The number of aliphatic imine (C=N–C) groups is 1. The summed E-state index contributed by atoms with van der Waals surface area (Å²) in [5.41, 5.74) is 8.36. The highest BCUT2D eigenvalue weighted by Gasteiger charge is 1.96. The Morgan fingerprint density at radius 3 is 3.00 bits per heavy atom. The second kappa shape index (κ2) is 2.02. The number of nitrogens with two attached hydrogens (primary N) is 1. The number of nitriles is 1. The zero-order valence-electron chi connectivity index (χ0n) is 4.55. The average Bonchev–Trinajstić information content (AvgIpc) is 1.89. The Labute approximate surface area is 52.1 Å². The van der Waals surface area contributed by atoms with Crippen molar-refractivity contribution in [3.63, 3.8) is 0 Å². The Hall–Kier alpha value is -1.74. The van der Waals surface area contributed by atoms with Gasteiger partial charge in [-0.2, -0.15) is 10.3 Å². The zero-order chi connectivity index (χ0) is 6.69. The van der Waals surface area contributed by atoms with E-state index in [-0.39, 0.29) is 5.70 Å². The number of rotatable bonds is 0. The summed E-state index contributed by atoms with van der Waals surface area (Å²) in [6, 6.07) is 1.81.